The highest BCUT2D eigenvalue weighted by Gasteiger charge is 2.32. The lowest BCUT2D eigenvalue weighted by Gasteiger charge is -2.11. The largest absolute Gasteiger partial charge is 0.417 e. The molecular formula is C32H22ClF7N6O6. The van der Waals surface area contributed by atoms with Crippen molar-refractivity contribution >= 4 is 57.2 Å². The van der Waals surface area contributed by atoms with E-state index in [1.807, 2.05) is 0 Å². The first kappa shape index (κ1) is 37.0. The van der Waals surface area contributed by atoms with E-state index in [4.69, 9.17) is 20.4 Å². The maximum absolute atomic E-state index is 13.7. The predicted molar refractivity (Wildman–Crippen MR) is 173 cm³/mol. The summed E-state index contributed by atoms with van der Waals surface area (Å²) in [6.45, 7) is -0.408. The number of rotatable bonds is 6. The minimum absolute atomic E-state index is 0.0827. The van der Waals surface area contributed by atoms with Crippen LogP contribution in [0.15, 0.2) is 91.2 Å². The Labute approximate surface area is 289 Å². The van der Waals surface area contributed by atoms with Crippen LogP contribution in [0, 0.1) is 5.82 Å². The molecule has 0 radical (unpaired) electrons. The van der Waals surface area contributed by atoms with Gasteiger partial charge in [0, 0.05) is 23.7 Å². The summed E-state index contributed by atoms with van der Waals surface area (Å²) < 4.78 is 98.8. The monoisotopic (exact) mass is 754 g/mol. The predicted octanol–water partition coefficient (Wildman–Crippen LogP) is 7.72. The normalized spacial score (nSPS) is 11.5. The summed E-state index contributed by atoms with van der Waals surface area (Å²) in [7, 11) is 0. The van der Waals surface area contributed by atoms with Gasteiger partial charge in [0.2, 0.25) is 0 Å². The van der Waals surface area contributed by atoms with E-state index in [1.165, 1.54) is 18.2 Å². The number of aromatic nitrogens is 2. The van der Waals surface area contributed by atoms with Crippen molar-refractivity contribution in [1.82, 2.24) is 20.6 Å². The molecule has 272 valence electrons. The van der Waals surface area contributed by atoms with Crippen molar-refractivity contribution in [2.45, 2.75) is 25.4 Å². The van der Waals surface area contributed by atoms with Gasteiger partial charge >= 0.3 is 35.9 Å². The molecule has 0 aliphatic heterocycles. The number of benzene rings is 4. The molecule has 0 aliphatic rings. The molecule has 0 spiro atoms. The van der Waals surface area contributed by atoms with E-state index in [9.17, 15) is 49.9 Å². The second-order valence-electron chi connectivity index (χ2n) is 10.6. The number of hydrogen-bond donors (Lipinski definition) is 6. The number of carbonyl (C=O) groups excluding carboxylic acids is 2. The fraction of sp³-hybridized carbons (Fsp3) is 0.125. The molecule has 0 fully saturated rings. The lowest BCUT2D eigenvalue weighted by atomic mass is 10.1. The van der Waals surface area contributed by atoms with E-state index in [0.717, 1.165) is 24.3 Å². The highest BCUT2D eigenvalue weighted by molar-refractivity contribution is 6.31. The first-order valence-electron chi connectivity index (χ1n) is 14.5. The highest BCUT2D eigenvalue weighted by Crippen LogP contribution is 2.32. The summed E-state index contributed by atoms with van der Waals surface area (Å²) in [6, 6.07) is 12.8. The van der Waals surface area contributed by atoms with Crippen molar-refractivity contribution < 1.29 is 49.2 Å². The number of amides is 4. The van der Waals surface area contributed by atoms with E-state index in [-0.39, 0.29) is 46.0 Å². The summed E-state index contributed by atoms with van der Waals surface area (Å²) in [5.41, 5.74) is -0.102. The van der Waals surface area contributed by atoms with Gasteiger partial charge < -0.3 is 30.1 Å². The number of carbonyl (C=O) groups is 2. The molecule has 0 bridgehead atoms. The Hall–Kier alpha value is -6.24. The maximum Gasteiger partial charge on any atom is 0.417 e. The fourth-order valence-electron chi connectivity index (χ4n) is 4.57. The smallest absolute Gasteiger partial charge is 0.408 e. The van der Waals surface area contributed by atoms with Crippen molar-refractivity contribution in [3.05, 3.63) is 127 Å². The minimum Gasteiger partial charge on any atom is -0.408 e. The van der Waals surface area contributed by atoms with Crippen LogP contribution >= 0.6 is 11.6 Å². The first-order valence-corrected chi connectivity index (χ1v) is 14.9. The van der Waals surface area contributed by atoms with Crippen LogP contribution in [-0.2, 0) is 25.4 Å². The van der Waals surface area contributed by atoms with E-state index < -0.39 is 52.9 Å². The van der Waals surface area contributed by atoms with Gasteiger partial charge in [-0.2, -0.15) is 26.3 Å². The first-order chi connectivity index (χ1) is 24.5. The molecule has 0 unspecified atom stereocenters. The summed E-state index contributed by atoms with van der Waals surface area (Å²) in [4.78, 5) is 51.2. The van der Waals surface area contributed by atoms with Crippen LogP contribution in [0.25, 0.3) is 22.2 Å². The quantitative estimate of drug-likeness (QED) is 0.0950. The molecule has 12 nitrogen and oxygen atoms in total. The number of nitrogens with one attached hydrogen (secondary N) is 6. The van der Waals surface area contributed by atoms with Crippen molar-refractivity contribution in [3.63, 3.8) is 0 Å². The number of urea groups is 2. The Morgan fingerprint density at radius 3 is 1.54 bits per heavy atom. The molecule has 6 aromatic rings. The Morgan fingerprint density at radius 2 is 1.10 bits per heavy atom. The number of alkyl halides is 6. The highest BCUT2D eigenvalue weighted by atomic mass is 35.5. The summed E-state index contributed by atoms with van der Waals surface area (Å²) >= 11 is 5.84. The third kappa shape index (κ3) is 9.10. The standard InChI is InChI=1S/C16H11ClF3N3O3.C16H11F4N3O3/c2*17-10-6-9(16(18,19)20)5-4-8(10)7-21-14(24)22-11-2-1-3-12-13(11)23-15(25)26-12/h2*1-6H,7H2,(H,23,25)(H2,21,22,24). The van der Waals surface area contributed by atoms with E-state index in [0.29, 0.717) is 22.8 Å². The van der Waals surface area contributed by atoms with Crippen molar-refractivity contribution in [2.24, 2.45) is 0 Å². The molecule has 2 aromatic heterocycles. The summed E-state index contributed by atoms with van der Waals surface area (Å²) in [6.07, 6.45) is -9.14. The lowest BCUT2D eigenvalue weighted by molar-refractivity contribution is -0.138. The molecule has 6 N–H and O–H groups in total. The van der Waals surface area contributed by atoms with Gasteiger partial charge in [0.15, 0.2) is 11.2 Å². The Morgan fingerprint density at radius 1 is 0.654 bits per heavy atom. The van der Waals surface area contributed by atoms with Crippen LogP contribution in [-0.4, -0.2) is 22.0 Å². The van der Waals surface area contributed by atoms with Gasteiger partial charge in [-0.1, -0.05) is 35.9 Å². The molecule has 0 saturated carbocycles. The topological polar surface area (TPSA) is 174 Å². The van der Waals surface area contributed by atoms with E-state index in [2.05, 4.69) is 31.2 Å². The van der Waals surface area contributed by atoms with Crippen molar-refractivity contribution in [3.8, 4) is 0 Å². The molecule has 0 atom stereocenters. The number of halogens is 8. The molecular weight excluding hydrogens is 733 g/mol. The van der Waals surface area contributed by atoms with Crippen LogP contribution < -0.4 is 32.8 Å². The molecule has 0 saturated heterocycles. The fourth-order valence-corrected chi connectivity index (χ4v) is 4.82. The molecule has 20 heteroatoms. The molecule has 2 heterocycles. The number of H-pyrrole nitrogens is 2. The zero-order valence-electron chi connectivity index (χ0n) is 25.8. The van der Waals surface area contributed by atoms with Crippen molar-refractivity contribution in [2.75, 3.05) is 10.6 Å². The van der Waals surface area contributed by atoms with Gasteiger partial charge in [0.05, 0.1) is 22.5 Å². The lowest BCUT2D eigenvalue weighted by Crippen LogP contribution is -2.28. The maximum atomic E-state index is 13.7. The summed E-state index contributed by atoms with van der Waals surface area (Å²) in [5.74, 6) is -2.44. The van der Waals surface area contributed by atoms with Crippen LogP contribution in [0.2, 0.25) is 5.02 Å². The average molecular weight is 755 g/mol. The third-order valence-electron chi connectivity index (χ3n) is 7.05. The molecule has 4 amide bonds. The number of oxazole rings is 2. The third-order valence-corrected chi connectivity index (χ3v) is 7.40. The number of fused-ring (bicyclic) bond motifs is 2. The Kier molecular flexibility index (Phi) is 10.6. The second-order valence-corrected chi connectivity index (χ2v) is 11.0. The number of anilines is 2. The van der Waals surface area contributed by atoms with E-state index in [1.54, 1.807) is 24.3 Å². The van der Waals surface area contributed by atoms with Gasteiger partial charge in [0.25, 0.3) is 0 Å². The number of para-hydroxylation sites is 2. The number of aromatic amines is 2. The van der Waals surface area contributed by atoms with Crippen LogP contribution in [0.1, 0.15) is 22.3 Å². The van der Waals surface area contributed by atoms with Gasteiger partial charge in [0.1, 0.15) is 16.9 Å². The van der Waals surface area contributed by atoms with Gasteiger partial charge in [-0.15, -0.1) is 0 Å². The van der Waals surface area contributed by atoms with Crippen LogP contribution in [0.5, 0.6) is 0 Å². The molecule has 4 aromatic carbocycles. The molecule has 6 rings (SSSR count). The Balaban J connectivity index is 0.000000201. The summed E-state index contributed by atoms with van der Waals surface area (Å²) in [5, 5.41) is 9.66. The van der Waals surface area contributed by atoms with Gasteiger partial charge in [-0.3, -0.25) is 9.97 Å². The number of hydrogen-bond acceptors (Lipinski definition) is 6. The van der Waals surface area contributed by atoms with Gasteiger partial charge in [-0.25, -0.2) is 23.6 Å². The van der Waals surface area contributed by atoms with E-state index >= 15 is 0 Å². The minimum atomic E-state index is -4.65. The second kappa shape index (κ2) is 14.9. The molecule has 52 heavy (non-hydrogen) atoms. The van der Waals surface area contributed by atoms with Crippen LogP contribution in [0.3, 0.4) is 0 Å². The van der Waals surface area contributed by atoms with Crippen molar-refractivity contribution in [1.29, 1.82) is 0 Å². The Bertz CT molecular complexity index is 2220. The zero-order chi connectivity index (χ0) is 37.8. The van der Waals surface area contributed by atoms with Crippen LogP contribution in [0.4, 0.5) is 51.7 Å². The zero-order valence-corrected chi connectivity index (χ0v) is 26.6. The SMILES string of the molecule is O=C(NCc1ccc(C(F)(F)F)cc1Cl)Nc1cccc2oc(=O)[nH]c12.O=C(NCc1ccc(C(F)(F)F)cc1F)Nc1cccc2oc(=O)[nH]c12. The van der Waals surface area contributed by atoms with Gasteiger partial charge in [-0.05, 0) is 54.1 Å². The average Bonchev–Trinajstić information content (AvgIpc) is 3.65. The molecule has 0 aliphatic carbocycles.